The molecule has 3 heterocycles. The van der Waals surface area contributed by atoms with Crippen LogP contribution in [0.15, 0.2) is 48.4 Å². The Kier molecular flexibility index (Phi) is 6.88. The topological polar surface area (TPSA) is 35.6 Å². The standard InChI is InChI=1S/C22H33N3OS/c1-4-5-6-9-20-15-19(16-23-20)8-7-10-21(26)25-17-22(27-18(25)2)11-13-24(3)14-12-22/h4-6,9,16,18,23H,1,7-8,10-15,17H2,2-3H3/b6-5-,20-9+. The molecular weight excluding hydrogens is 354 g/mol. The van der Waals surface area contributed by atoms with Crippen LogP contribution in [0.25, 0.3) is 0 Å². The number of rotatable bonds is 6. The van der Waals surface area contributed by atoms with Gasteiger partial charge >= 0.3 is 0 Å². The van der Waals surface area contributed by atoms with E-state index in [1.807, 2.05) is 23.9 Å². The minimum atomic E-state index is 0.304. The van der Waals surface area contributed by atoms with E-state index in [-0.39, 0.29) is 0 Å². The van der Waals surface area contributed by atoms with E-state index in [0.29, 0.717) is 22.4 Å². The Bertz CT molecular complexity index is 644. The first-order valence-electron chi connectivity index (χ1n) is 10.1. The van der Waals surface area contributed by atoms with Gasteiger partial charge in [-0.05, 0) is 64.4 Å². The third-order valence-electron chi connectivity index (χ3n) is 5.85. The summed E-state index contributed by atoms with van der Waals surface area (Å²) in [5, 5.41) is 3.64. The number of allylic oxidation sites excluding steroid dienone is 5. The summed E-state index contributed by atoms with van der Waals surface area (Å²) < 4.78 is 0.304. The van der Waals surface area contributed by atoms with Crippen molar-refractivity contribution in [1.82, 2.24) is 15.1 Å². The third-order valence-corrected chi connectivity index (χ3v) is 7.48. The number of nitrogens with zero attached hydrogens (tertiary/aromatic N) is 2. The molecule has 0 aromatic carbocycles. The highest BCUT2D eigenvalue weighted by molar-refractivity contribution is 8.01. The molecule has 3 aliphatic rings. The normalized spacial score (nSPS) is 26.7. The minimum absolute atomic E-state index is 0.304. The first kappa shape index (κ1) is 20.3. The van der Waals surface area contributed by atoms with Crippen molar-refractivity contribution in [3.8, 4) is 0 Å². The van der Waals surface area contributed by atoms with Crippen molar-refractivity contribution >= 4 is 17.7 Å². The fourth-order valence-corrected chi connectivity index (χ4v) is 5.84. The predicted octanol–water partition coefficient (Wildman–Crippen LogP) is 4.05. The zero-order valence-electron chi connectivity index (χ0n) is 16.7. The fraction of sp³-hybridized carbons (Fsp3) is 0.591. The highest BCUT2D eigenvalue weighted by atomic mass is 32.2. The molecule has 1 unspecified atom stereocenters. The van der Waals surface area contributed by atoms with E-state index in [1.165, 1.54) is 24.1 Å². The van der Waals surface area contributed by atoms with Crippen LogP contribution in [0.4, 0.5) is 0 Å². The lowest BCUT2D eigenvalue weighted by Gasteiger charge is -2.36. The molecule has 2 saturated heterocycles. The van der Waals surface area contributed by atoms with Crippen LogP contribution in [-0.2, 0) is 4.79 Å². The van der Waals surface area contributed by atoms with E-state index in [2.05, 4.69) is 47.9 Å². The predicted molar refractivity (Wildman–Crippen MR) is 115 cm³/mol. The van der Waals surface area contributed by atoms with Crippen LogP contribution in [0.1, 0.15) is 45.4 Å². The van der Waals surface area contributed by atoms with Crippen LogP contribution < -0.4 is 5.32 Å². The second-order valence-corrected chi connectivity index (χ2v) is 9.80. The molecule has 148 valence electrons. The molecule has 5 heteroatoms. The molecule has 1 atom stereocenters. The van der Waals surface area contributed by atoms with Crippen LogP contribution in [0, 0.1) is 0 Å². The van der Waals surface area contributed by atoms with Gasteiger partial charge in [0, 0.05) is 36.0 Å². The summed E-state index contributed by atoms with van der Waals surface area (Å²) in [7, 11) is 2.20. The zero-order valence-corrected chi connectivity index (χ0v) is 17.6. The third kappa shape index (κ3) is 5.29. The van der Waals surface area contributed by atoms with Gasteiger partial charge in [-0.3, -0.25) is 4.79 Å². The van der Waals surface area contributed by atoms with Gasteiger partial charge in [-0.2, -0.15) is 0 Å². The van der Waals surface area contributed by atoms with Crippen LogP contribution >= 0.6 is 11.8 Å². The Labute approximate surface area is 168 Å². The summed E-state index contributed by atoms with van der Waals surface area (Å²) in [4.78, 5) is 17.3. The molecule has 0 radical (unpaired) electrons. The number of carbonyl (C=O) groups excluding carboxylic acids is 1. The van der Waals surface area contributed by atoms with Gasteiger partial charge < -0.3 is 15.1 Å². The van der Waals surface area contributed by atoms with E-state index in [0.717, 1.165) is 38.9 Å². The fourth-order valence-electron chi connectivity index (χ4n) is 4.16. The summed E-state index contributed by atoms with van der Waals surface area (Å²) in [6, 6.07) is 0. The van der Waals surface area contributed by atoms with Crippen LogP contribution in [0.2, 0.25) is 0 Å². The van der Waals surface area contributed by atoms with Crippen LogP contribution in [0.3, 0.4) is 0 Å². The maximum Gasteiger partial charge on any atom is 0.223 e. The number of likely N-dealkylation sites (tertiary alicyclic amines) is 1. The van der Waals surface area contributed by atoms with Gasteiger partial charge in [-0.25, -0.2) is 0 Å². The Morgan fingerprint density at radius 3 is 2.93 bits per heavy atom. The van der Waals surface area contributed by atoms with E-state index in [9.17, 15) is 4.79 Å². The van der Waals surface area contributed by atoms with Crippen LogP contribution in [0.5, 0.6) is 0 Å². The molecule has 27 heavy (non-hydrogen) atoms. The number of hydrogen-bond acceptors (Lipinski definition) is 4. The second-order valence-electron chi connectivity index (χ2n) is 8.01. The molecule has 1 spiro atoms. The molecule has 0 saturated carbocycles. The van der Waals surface area contributed by atoms with Crippen molar-refractivity contribution in [1.29, 1.82) is 0 Å². The summed E-state index contributed by atoms with van der Waals surface area (Å²) in [5.74, 6) is 0.335. The SMILES string of the molecule is C=C/C=C\C=C1/CC(CCCC(=O)N2CC3(CCN(C)CC3)SC2C)=CN1. The van der Waals surface area contributed by atoms with Gasteiger partial charge in [0.1, 0.15) is 0 Å². The van der Waals surface area contributed by atoms with Gasteiger partial charge in [0.2, 0.25) is 5.91 Å². The van der Waals surface area contributed by atoms with Crippen molar-refractivity contribution in [3.63, 3.8) is 0 Å². The van der Waals surface area contributed by atoms with Gasteiger partial charge in [-0.15, -0.1) is 11.8 Å². The average molecular weight is 388 g/mol. The molecule has 3 aliphatic heterocycles. The molecular formula is C22H33N3OS. The molecule has 4 nitrogen and oxygen atoms in total. The average Bonchev–Trinajstić information content (AvgIpc) is 3.23. The van der Waals surface area contributed by atoms with Gasteiger partial charge in [0.05, 0.1) is 5.37 Å². The van der Waals surface area contributed by atoms with E-state index < -0.39 is 0 Å². The van der Waals surface area contributed by atoms with Crippen molar-refractivity contribution in [2.45, 2.75) is 55.6 Å². The largest absolute Gasteiger partial charge is 0.365 e. The Balaban J connectivity index is 1.42. The number of nitrogens with one attached hydrogen (secondary N) is 1. The maximum absolute atomic E-state index is 12.8. The monoisotopic (exact) mass is 387 g/mol. The smallest absolute Gasteiger partial charge is 0.223 e. The molecule has 3 rings (SSSR count). The Morgan fingerprint density at radius 2 is 2.19 bits per heavy atom. The second kappa shape index (κ2) is 9.16. The lowest BCUT2D eigenvalue weighted by atomic mass is 9.95. The molecule has 1 amide bonds. The van der Waals surface area contributed by atoms with Gasteiger partial charge in [0.15, 0.2) is 0 Å². The van der Waals surface area contributed by atoms with Crippen molar-refractivity contribution < 1.29 is 4.79 Å². The Hall–Kier alpha value is -1.46. The molecule has 0 aromatic heterocycles. The molecule has 0 aromatic rings. The molecule has 1 N–H and O–H groups in total. The van der Waals surface area contributed by atoms with Crippen LogP contribution in [-0.4, -0.2) is 52.5 Å². The lowest BCUT2D eigenvalue weighted by molar-refractivity contribution is -0.131. The van der Waals surface area contributed by atoms with Crippen molar-refractivity contribution in [2.75, 3.05) is 26.7 Å². The van der Waals surface area contributed by atoms with E-state index >= 15 is 0 Å². The van der Waals surface area contributed by atoms with Gasteiger partial charge in [0.25, 0.3) is 0 Å². The Morgan fingerprint density at radius 1 is 1.41 bits per heavy atom. The molecule has 2 fully saturated rings. The molecule has 0 bridgehead atoms. The van der Waals surface area contributed by atoms with Crippen molar-refractivity contribution in [3.05, 3.63) is 48.4 Å². The number of hydrogen-bond donors (Lipinski definition) is 1. The molecule has 0 aliphatic carbocycles. The summed E-state index contributed by atoms with van der Waals surface area (Å²) in [6.45, 7) is 9.13. The first-order chi connectivity index (χ1) is 13.0. The van der Waals surface area contributed by atoms with E-state index in [1.54, 1.807) is 6.08 Å². The number of carbonyl (C=O) groups is 1. The number of thioether (sulfide) groups is 1. The maximum atomic E-state index is 12.8. The zero-order chi connectivity index (χ0) is 19.3. The minimum Gasteiger partial charge on any atom is -0.365 e. The van der Waals surface area contributed by atoms with Crippen molar-refractivity contribution in [2.24, 2.45) is 0 Å². The summed E-state index contributed by atoms with van der Waals surface area (Å²) in [5.41, 5.74) is 2.60. The van der Waals surface area contributed by atoms with Gasteiger partial charge in [-0.1, -0.05) is 24.8 Å². The van der Waals surface area contributed by atoms with E-state index in [4.69, 9.17) is 0 Å². The number of amides is 1. The lowest BCUT2D eigenvalue weighted by Crippen LogP contribution is -2.44. The first-order valence-corrected chi connectivity index (χ1v) is 11.0. The number of piperidine rings is 1. The highest BCUT2D eigenvalue weighted by Crippen LogP contribution is 2.46. The quantitative estimate of drug-likeness (QED) is 0.698. The summed E-state index contributed by atoms with van der Waals surface area (Å²) in [6.07, 6.45) is 15.8. The highest BCUT2D eigenvalue weighted by Gasteiger charge is 2.45. The summed E-state index contributed by atoms with van der Waals surface area (Å²) >= 11 is 2.03.